The van der Waals surface area contributed by atoms with Crippen LogP contribution in [0.15, 0.2) is 47.7 Å². The number of hydrogen-bond acceptors (Lipinski definition) is 5. The normalized spacial score (nSPS) is 26.1. The minimum absolute atomic E-state index is 0.00741. The lowest BCUT2D eigenvalue weighted by molar-refractivity contribution is -0.348. The summed E-state index contributed by atoms with van der Waals surface area (Å²) in [5, 5.41) is 0. The van der Waals surface area contributed by atoms with Crippen LogP contribution in [0.25, 0.3) is 0 Å². The van der Waals surface area contributed by atoms with Crippen LogP contribution in [0.4, 0.5) is 0 Å². The van der Waals surface area contributed by atoms with Crippen LogP contribution in [0.1, 0.15) is 161 Å². The molecule has 0 saturated carbocycles. The van der Waals surface area contributed by atoms with Gasteiger partial charge in [-0.25, -0.2) is 4.79 Å². The molecule has 0 saturated heterocycles. The van der Waals surface area contributed by atoms with Crippen LogP contribution in [0.5, 0.6) is 0 Å². The quantitative estimate of drug-likeness (QED) is 0.157. The monoisotopic (exact) mass is 570 g/mol. The number of carbonyl (C=O) groups excluding carboxylic acids is 1. The minimum atomic E-state index is -1.70. The number of ether oxygens (including phenoxy) is 4. The summed E-state index contributed by atoms with van der Waals surface area (Å²) in [5.74, 6) is 0.415. The highest BCUT2D eigenvalue weighted by Gasteiger charge is 2.43. The van der Waals surface area contributed by atoms with Crippen molar-refractivity contribution in [1.82, 2.24) is 0 Å². The van der Waals surface area contributed by atoms with E-state index in [0.29, 0.717) is 5.57 Å². The molecule has 0 radical (unpaired) electrons. The molecule has 5 nitrogen and oxygen atoms in total. The molecular formula is C36H58O5. The highest BCUT2D eigenvalue weighted by Crippen LogP contribution is 2.32. The average molecular weight is 571 g/mol. The number of esters is 1. The van der Waals surface area contributed by atoms with Gasteiger partial charge in [0.15, 0.2) is 0 Å². The highest BCUT2D eigenvalue weighted by molar-refractivity contribution is 5.87. The molecule has 5 heteroatoms. The second-order valence-corrected chi connectivity index (χ2v) is 12.3. The molecule has 3 aliphatic carbocycles. The van der Waals surface area contributed by atoms with Crippen molar-refractivity contribution in [2.75, 3.05) is 6.61 Å². The Balaban J connectivity index is 1.91. The third-order valence-electron chi connectivity index (χ3n) is 8.35. The molecule has 0 spiro atoms. The van der Waals surface area contributed by atoms with Crippen LogP contribution in [0, 0.1) is 0 Å². The summed E-state index contributed by atoms with van der Waals surface area (Å²) in [5.41, 5.74) is 0.319. The molecule has 0 amide bonds. The molecule has 0 aromatic carbocycles. The predicted octanol–water partition coefficient (Wildman–Crippen LogP) is 10.9. The van der Waals surface area contributed by atoms with Gasteiger partial charge in [-0.15, -0.1) is 0 Å². The van der Waals surface area contributed by atoms with Crippen molar-refractivity contribution in [3.8, 4) is 0 Å². The van der Waals surface area contributed by atoms with E-state index >= 15 is 0 Å². The standard InChI is InChI=1S/C36H58O5/c1-31(2)35(37)41-36(39-33-26-20-14-8-4-9-15-21-27-33,40-34-28-22-16-10-5-11-17-23-29-34)30-38-32-24-18-12-6-3-7-13-19-25-32/h24,26,28H,1,3-23,25,27,29-30H2,2H3/b32-24-,33-26-,34-28+. The SMILES string of the molecule is C=C(C)C(=O)OC(CO/C1=C\CCCCCCCC1)(O/C1=C\CCCCCCCC1)O/C1=C/CCCCCCCC1. The van der Waals surface area contributed by atoms with Crippen molar-refractivity contribution >= 4 is 5.97 Å². The first-order valence-corrected chi connectivity index (χ1v) is 17.0. The molecule has 0 bridgehead atoms. The number of hydrogen-bond donors (Lipinski definition) is 0. The summed E-state index contributed by atoms with van der Waals surface area (Å²) < 4.78 is 26.1. The van der Waals surface area contributed by atoms with E-state index in [-0.39, 0.29) is 6.61 Å². The van der Waals surface area contributed by atoms with Crippen molar-refractivity contribution in [3.63, 3.8) is 0 Å². The minimum Gasteiger partial charge on any atom is -0.486 e. The summed E-state index contributed by atoms with van der Waals surface area (Å²) in [7, 11) is 0. The lowest BCUT2D eigenvalue weighted by Gasteiger charge is -2.35. The van der Waals surface area contributed by atoms with Crippen LogP contribution in [0.2, 0.25) is 0 Å². The van der Waals surface area contributed by atoms with Gasteiger partial charge in [0.25, 0.3) is 0 Å². The smallest absolute Gasteiger partial charge is 0.455 e. The molecule has 0 aromatic heterocycles. The Morgan fingerprint density at radius 3 is 1.41 bits per heavy atom. The second-order valence-electron chi connectivity index (χ2n) is 12.3. The first-order chi connectivity index (χ1) is 20.1. The van der Waals surface area contributed by atoms with Crippen molar-refractivity contribution in [2.24, 2.45) is 0 Å². The number of rotatable bonds is 9. The van der Waals surface area contributed by atoms with Crippen molar-refractivity contribution in [3.05, 3.63) is 47.7 Å². The van der Waals surface area contributed by atoms with Crippen molar-refractivity contribution in [1.29, 1.82) is 0 Å². The van der Waals surface area contributed by atoms with Gasteiger partial charge in [-0.05, 0) is 82.9 Å². The van der Waals surface area contributed by atoms with Crippen molar-refractivity contribution < 1.29 is 23.7 Å². The van der Waals surface area contributed by atoms with Gasteiger partial charge >= 0.3 is 11.9 Å². The molecule has 1 unspecified atom stereocenters. The van der Waals surface area contributed by atoms with Crippen molar-refractivity contribution in [2.45, 2.75) is 167 Å². The first-order valence-electron chi connectivity index (χ1n) is 17.0. The third kappa shape index (κ3) is 14.0. The van der Waals surface area contributed by atoms with Crippen LogP contribution in [-0.2, 0) is 23.7 Å². The lowest BCUT2D eigenvalue weighted by atomic mass is 10.0. The number of carbonyl (C=O) groups is 1. The van der Waals surface area contributed by atoms with E-state index in [4.69, 9.17) is 18.9 Å². The highest BCUT2D eigenvalue weighted by atomic mass is 16.9. The molecule has 232 valence electrons. The van der Waals surface area contributed by atoms with Crippen LogP contribution < -0.4 is 0 Å². The van der Waals surface area contributed by atoms with E-state index in [1.807, 2.05) is 0 Å². The largest absolute Gasteiger partial charge is 0.486 e. The maximum Gasteiger partial charge on any atom is 0.455 e. The van der Waals surface area contributed by atoms with E-state index in [0.717, 1.165) is 87.9 Å². The summed E-state index contributed by atoms with van der Waals surface area (Å²) >= 11 is 0. The Hall–Kier alpha value is -2.17. The third-order valence-corrected chi connectivity index (χ3v) is 8.35. The van der Waals surface area contributed by atoms with Gasteiger partial charge in [-0.1, -0.05) is 83.6 Å². The van der Waals surface area contributed by atoms with E-state index in [1.165, 1.54) is 83.5 Å². The van der Waals surface area contributed by atoms with Crippen LogP contribution in [0.3, 0.4) is 0 Å². The van der Waals surface area contributed by atoms with Gasteiger partial charge in [-0.2, -0.15) is 0 Å². The molecular weight excluding hydrogens is 512 g/mol. The summed E-state index contributed by atoms with van der Waals surface area (Å²) in [4.78, 5) is 13.1. The zero-order chi connectivity index (χ0) is 29.0. The molecule has 1 atom stereocenters. The van der Waals surface area contributed by atoms with Gasteiger partial charge in [-0.3, -0.25) is 0 Å². The molecule has 0 heterocycles. The molecule has 41 heavy (non-hydrogen) atoms. The van der Waals surface area contributed by atoms with E-state index < -0.39 is 11.9 Å². The topological polar surface area (TPSA) is 54.0 Å². The predicted molar refractivity (Wildman–Crippen MR) is 167 cm³/mol. The summed E-state index contributed by atoms with van der Waals surface area (Å²) in [6.45, 7) is 5.52. The van der Waals surface area contributed by atoms with Gasteiger partial charge in [0, 0.05) is 24.8 Å². The maximum atomic E-state index is 13.1. The van der Waals surface area contributed by atoms with Gasteiger partial charge < -0.3 is 18.9 Å². The van der Waals surface area contributed by atoms with Gasteiger partial charge in [0.2, 0.25) is 6.61 Å². The average Bonchev–Trinajstić information content (AvgIpc) is 2.97. The van der Waals surface area contributed by atoms with Gasteiger partial charge in [0.05, 0.1) is 5.76 Å². The number of allylic oxidation sites excluding steroid dienone is 6. The Morgan fingerprint density at radius 2 is 0.976 bits per heavy atom. The summed E-state index contributed by atoms with van der Waals surface area (Å²) in [6, 6.07) is 0. The molecule has 0 N–H and O–H groups in total. The fourth-order valence-corrected chi connectivity index (χ4v) is 5.82. The Bertz CT molecular complexity index is 831. The zero-order valence-electron chi connectivity index (χ0n) is 26.2. The summed E-state index contributed by atoms with van der Waals surface area (Å²) in [6.07, 6.45) is 33.6. The molecule has 0 aliphatic heterocycles. The molecule has 0 aromatic rings. The first kappa shape index (κ1) is 33.3. The maximum absolute atomic E-state index is 13.1. The second kappa shape index (κ2) is 19.9. The van der Waals surface area contributed by atoms with Gasteiger partial charge in [0.1, 0.15) is 11.5 Å². The van der Waals surface area contributed by atoms with Crippen LogP contribution >= 0.6 is 0 Å². The fraction of sp³-hybridized carbons (Fsp3) is 0.750. The molecule has 0 fully saturated rings. The lowest BCUT2D eigenvalue weighted by Crippen LogP contribution is -2.45. The fourth-order valence-electron chi connectivity index (χ4n) is 5.82. The Labute approximate surface area is 250 Å². The molecule has 3 rings (SSSR count). The van der Waals surface area contributed by atoms with E-state index in [2.05, 4.69) is 24.8 Å². The zero-order valence-corrected chi connectivity index (χ0v) is 26.2. The van der Waals surface area contributed by atoms with E-state index in [1.54, 1.807) is 6.92 Å². The Morgan fingerprint density at radius 1 is 0.610 bits per heavy atom. The Kier molecular flexibility index (Phi) is 16.1. The van der Waals surface area contributed by atoms with Crippen LogP contribution in [-0.4, -0.2) is 18.5 Å². The molecule has 3 aliphatic rings. The van der Waals surface area contributed by atoms with E-state index in [9.17, 15) is 4.79 Å².